The molecule has 0 atom stereocenters. The van der Waals surface area contributed by atoms with Gasteiger partial charge in [0.25, 0.3) is 11.8 Å². The summed E-state index contributed by atoms with van der Waals surface area (Å²) in [5.41, 5.74) is 0.678. The summed E-state index contributed by atoms with van der Waals surface area (Å²) in [7, 11) is 0. The molecule has 120 valence electrons. The number of benzene rings is 1. The first-order valence-electron chi connectivity index (χ1n) is 7.01. The molecule has 7 nitrogen and oxygen atoms in total. The number of imide groups is 1. The predicted molar refractivity (Wildman–Crippen MR) is 78.5 cm³/mol. The molecule has 1 aliphatic rings. The van der Waals surface area contributed by atoms with Crippen LogP contribution in [0.25, 0.3) is 0 Å². The van der Waals surface area contributed by atoms with Crippen LogP contribution in [-0.2, 0) is 19.1 Å². The molecule has 1 aromatic carbocycles. The zero-order valence-corrected chi connectivity index (χ0v) is 12.5. The number of nitrogens with zero attached hydrogens (tertiary/aromatic N) is 1. The van der Waals surface area contributed by atoms with Gasteiger partial charge in [0, 0.05) is 12.2 Å². The van der Waals surface area contributed by atoms with E-state index in [1.54, 1.807) is 31.2 Å². The van der Waals surface area contributed by atoms with E-state index in [2.05, 4.69) is 4.74 Å². The van der Waals surface area contributed by atoms with Crippen LogP contribution in [0.5, 0.6) is 0 Å². The lowest BCUT2D eigenvalue weighted by Gasteiger charge is -2.13. The van der Waals surface area contributed by atoms with E-state index < -0.39 is 23.8 Å². The Balaban J connectivity index is 1.84. The zero-order valence-electron chi connectivity index (χ0n) is 12.5. The van der Waals surface area contributed by atoms with Crippen LogP contribution in [0.4, 0.5) is 0 Å². The maximum atomic E-state index is 12.1. The van der Waals surface area contributed by atoms with Gasteiger partial charge < -0.3 is 9.47 Å². The largest absolute Gasteiger partial charge is 0.463 e. The third-order valence-corrected chi connectivity index (χ3v) is 3.08. The molecule has 1 aromatic rings. The van der Waals surface area contributed by atoms with Crippen molar-refractivity contribution >= 4 is 23.8 Å². The number of esters is 2. The van der Waals surface area contributed by atoms with Gasteiger partial charge in [-0.1, -0.05) is 12.1 Å². The van der Waals surface area contributed by atoms with Gasteiger partial charge >= 0.3 is 11.9 Å². The van der Waals surface area contributed by atoms with E-state index in [4.69, 9.17) is 4.74 Å². The summed E-state index contributed by atoms with van der Waals surface area (Å²) < 4.78 is 9.46. The Morgan fingerprint density at radius 2 is 1.52 bits per heavy atom. The third-order valence-electron chi connectivity index (χ3n) is 3.08. The van der Waals surface area contributed by atoms with E-state index in [9.17, 15) is 19.2 Å². The van der Waals surface area contributed by atoms with E-state index in [1.807, 2.05) is 0 Å². The molecule has 2 rings (SSSR count). The number of fused-ring (bicyclic) bond motifs is 1. The van der Waals surface area contributed by atoms with Crippen molar-refractivity contribution < 1.29 is 28.7 Å². The smallest absolute Gasteiger partial charge is 0.331 e. The summed E-state index contributed by atoms with van der Waals surface area (Å²) in [6.45, 7) is 1.65. The van der Waals surface area contributed by atoms with Crippen LogP contribution >= 0.6 is 0 Å². The van der Waals surface area contributed by atoms with Gasteiger partial charge in [-0.2, -0.15) is 0 Å². The van der Waals surface area contributed by atoms with Crippen LogP contribution in [0.1, 0.15) is 27.6 Å². The maximum Gasteiger partial charge on any atom is 0.331 e. The van der Waals surface area contributed by atoms with Crippen molar-refractivity contribution in [2.45, 2.75) is 6.92 Å². The minimum atomic E-state index is -0.755. The first kappa shape index (κ1) is 16.4. The monoisotopic (exact) mass is 317 g/mol. The molecule has 0 unspecified atom stereocenters. The van der Waals surface area contributed by atoms with Crippen molar-refractivity contribution in [2.75, 3.05) is 19.8 Å². The minimum absolute atomic E-state index is 0.0503. The standard InChI is InChI=1S/C16H15NO6/c1-2-22-13(18)7-8-14(19)23-10-9-17-15(20)11-5-3-4-6-12(11)16(17)21/h3-8H,2,9-10H2,1H3/b8-7+. The number of carbonyl (C=O) groups excluding carboxylic acids is 4. The van der Waals surface area contributed by atoms with Gasteiger partial charge in [0.05, 0.1) is 24.3 Å². The lowest BCUT2D eigenvalue weighted by atomic mass is 10.1. The number of amides is 2. The predicted octanol–water partition coefficient (Wildman–Crippen LogP) is 0.945. The van der Waals surface area contributed by atoms with Crippen molar-refractivity contribution in [1.82, 2.24) is 4.90 Å². The highest BCUT2D eigenvalue weighted by Gasteiger charge is 2.34. The van der Waals surface area contributed by atoms with Crippen LogP contribution in [0, 0.1) is 0 Å². The Hall–Kier alpha value is -2.96. The van der Waals surface area contributed by atoms with E-state index in [0.29, 0.717) is 11.1 Å². The Kier molecular flexibility index (Phi) is 5.24. The van der Waals surface area contributed by atoms with Gasteiger partial charge in [-0.15, -0.1) is 0 Å². The molecule has 7 heteroatoms. The average molecular weight is 317 g/mol. The van der Waals surface area contributed by atoms with E-state index in [1.165, 1.54) is 0 Å². The van der Waals surface area contributed by atoms with Gasteiger partial charge in [0.15, 0.2) is 0 Å². The zero-order chi connectivity index (χ0) is 16.8. The van der Waals surface area contributed by atoms with Gasteiger partial charge in [0.2, 0.25) is 0 Å². The molecule has 0 fully saturated rings. The summed E-state index contributed by atoms with van der Waals surface area (Å²) >= 11 is 0. The summed E-state index contributed by atoms with van der Waals surface area (Å²) in [4.78, 5) is 47.6. The molecule has 0 aromatic heterocycles. The van der Waals surface area contributed by atoms with E-state index in [-0.39, 0.29) is 19.8 Å². The molecule has 0 radical (unpaired) electrons. The highest BCUT2D eigenvalue weighted by Crippen LogP contribution is 2.21. The molecule has 0 bridgehead atoms. The normalized spacial score (nSPS) is 13.3. The molecule has 1 aliphatic heterocycles. The second-order valence-electron chi connectivity index (χ2n) is 4.56. The average Bonchev–Trinajstić information content (AvgIpc) is 2.78. The Morgan fingerprint density at radius 1 is 1.00 bits per heavy atom. The molecule has 0 N–H and O–H groups in total. The Labute approximate surface area is 132 Å². The number of hydrogen-bond donors (Lipinski definition) is 0. The van der Waals surface area contributed by atoms with E-state index in [0.717, 1.165) is 17.1 Å². The summed E-state index contributed by atoms with van der Waals surface area (Å²) in [6.07, 6.45) is 1.88. The van der Waals surface area contributed by atoms with E-state index >= 15 is 0 Å². The lowest BCUT2D eigenvalue weighted by molar-refractivity contribution is -0.140. The molecule has 23 heavy (non-hydrogen) atoms. The number of ether oxygens (including phenoxy) is 2. The Morgan fingerprint density at radius 3 is 2.04 bits per heavy atom. The SMILES string of the molecule is CCOC(=O)/C=C/C(=O)OCCN1C(=O)c2ccccc2C1=O. The molecular weight excluding hydrogens is 302 g/mol. The van der Waals surface area contributed by atoms with Crippen molar-refractivity contribution in [1.29, 1.82) is 0 Å². The third kappa shape index (κ3) is 3.82. The van der Waals surface area contributed by atoms with Crippen LogP contribution in [0.15, 0.2) is 36.4 Å². The van der Waals surface area contributed by atoms with Gasteiger partial charge in [0.1, 0.15) is 6.61 Å². The maximum absolute atomic E-state index is 12.1. The molecule has 0 saturated heterocycles. The summed E-state index contributed by atoms with van der Waals surface area (Å²) in [5, 5.41) is 0. The van der Waals surface area contributed by atoms with Crippen LogP contribution in [0.3, 0.4) is 0 Å². The van der Waals surface area contributed by atoms with Gasteiger partial charge in [-0.25, -0.2) is 9.59 Å². The van der Waals surface area contributed by atoms with Crippen LogP contribution < -0.4 is 0 Å². The van der Waals surface area contributed by atoms with Gasteiger partial charge in [-0.3, -0.25) is 14.5 Å². The quantitative estimate of drug-likeness (QED) is 0.441. The molecular formula is C16H15NO6. The first-order valence-corrected chi connectivity index (χ1v) is 7.01. The number of hydrogen-bond acceptors (Lipinski definition) is 6. The fourth-order valence-corrected chi connectivity index (χ4v) is 2.05. The topological polar surface area (TPSA) is 90.0 Å². The fourth-order valence-electron chi connectivity index (χ4n) is 2.05. The minimum Gasteiger partial charge on any atom is -0.463 e. The molecule has 1 heterocycles. The summed E-state index contributed by atoms with van der Waals surface area (Å²) in [6, 6.07) is 6.49. The van der Waals surface area contributed by atoms with Crippen LogP contribution in [-0.4, -0.2) is 48.4 Å². The lowest BCUT2D eigenvalue weighted by Crippen LogP contribution is -2.33. The summed E-state index contributed by atoms with van der Waals surface area (Å²) in [5.74, 6) is -2.23. The van der Waals surface area contributed by atoms with Crippen molar-refractivity contribution in [3.63, 3.8) is 0 Å². The number of rotatable bonds is 6. The number of carbonyl (C=O) groups is 4. The molecule has 2 amide bonds. The van der Waals surface area contributed by atoms with Crippen molar-refractivity contribution in [2.24, 2.45) is 0 Å². The second kappa shape index (κ2) is 7.35. The first-order chi connectivity index (χ1) is 11.0. The second-order valence-corrected chi connectivity index (χ2v) is 4.56. The fraction of sp³-hybridized carbons (Fsp3) is 0.250. The van der Waals surface area contributed by atoms with Crippen molar-refractivity contribution in [3.05, 3.63) is 47.5 Å². The molecule has 0 aliphatic carbocycles. The van der Waals surface area contributed by atoms with Gasteiger partial charge in [-0.05, 0) is 19.1 Å². The van der Waals surface area contributed by atoms with Crippen LogP contribution in [0.2, 0.25) is 0 Å². The highest BCUT2D eigenvalue weighted by atomic mass is 16.5. The molecule has 0 saturated carbocycles. The van der Waals surface area contributed by atoms with Crippen molar-refractivity contribution in [3.8, 4) is 0 Å². The Bertz CT molecular complexity index is 644. The highest BCUT2D eigenvalue weighted by molar-refractivity contribution is 6.21. The molecule has 0 spiro atoms.